The van der Waals surface area contributed by atoms with Gasteiger partial charge in [-0.3, -0.25) is 0 Å². The number of rotatable bonds is 2. The molecule has 2 aromatic rings. The zero-order valence-electron chi connectivity index (χ0n) is 11.0. The molecule has 1 aliphatic heterocycles. The SMILES string of the molecule is CC1=CC(c2cccc(-c3ccccc3)c2)NC=C1. The van der Waals surface area contributed by atoms with Crippen LogP contribution in [0.25, 0.3) is 11.1 Å². The molecule has 1 nitrogen and oxygen atoms in total. The number of allylic oxidation sites excluding steroid dienone is 2. The first-order chi connectivity index (χ1) is 9.33. The Morgan fingerprint density at radius 3 is 2.47 bits per heavy atom. The highest BCUT2D eigenvalue weighted by molar-refractivity contribution is 5.64. The highest BCUT2D eigenvalue weighted by Gasteiger charge is 2.10. The topological polar surface area (TPSA) is 12.0 Å². The van der Waals surface area contributed by atoms with E-state index in [1.165, 1.54) is 22.3 Å². The van der Waals surface area contributed by atoms with E-state index in [2.05, 4.69) is 72.9 Å². The smallest absolute Gasteiger partial charge is 0.0698 e. The summed E-state index contributed by atoms with van der Waals surface area (Å²) in [5.74, 6) is 0. The molecular formula is C18H17N. The van der Waals surface area contributed by atoms with Crippen LogP contribution >= 0.6 is 0 Å². The lowest BCUT2D eigenvalue weighted by Crippen LogP contribution is -2.16. The zero-order chi connectivity index (χ0) is 13.1. The third-order valence-electron chi connectivity index (χ3n) is 3.40. The van der Waals surface area contributed by atoms with Crippen molar-refractivity contribution in [1.82, 2.24) is 5.32 Å². The second-order valence-electron chi connectivity index (χ2n) is 4.88. The first kappa shape index (κ1) is 11.8. The Morgan fingerprint density at radius 1 is 0.895 bits per heavy atom. The molecule has 0 aromatic heterocycles. The molecule has 3 rings (SSSR count). The molecule has 1 atom stereocenters. The molecule has 0 spiro atoms. The third-order valence-corrected chi connectivity index (χ3v) is 3.40. The monoisotopic (exact) mass is 247 g/mol. The summed E-state index contributed by atoms with van der Waals surface area (Å²) in [6.45, 7) is 2.13. The van der Waals surface area contributed by atoms with E-state index in [1.54, 1.807) is 0 Å². The molecule has 0 saturated carbocycles. The number of benzene rings is 2. The van der Waals surface area contributed by atoms with Crippen LogP contribution in [0.1, 0.15) is 18.5 Å². The van der Waals surface area contributed by atoms with Crippen molar-refractivity contribution < 1.29 is 0 Å². The zero-order valence-corrected chi connectivity index (χ0v) is 11.0. The lowest BCUT2D eigenvalue weighted by Gasteiger charge is -2.19. The number of hydrogen-bond acceptors (Lipinski definition) is 1. The lowest BCUT2D eigenvalue weighted by atomic mass is 9.97. The first-order valence-corrected chi connectivity index (χ1v) is 6.59. The van der Waals surface area contributed by atoms with Crippen LogP contribution in [-0.2, 0) is 0 Å². The van der Waals surface area contributed by atoms with E-state index in [0.717, 1.165) is 0 Å². The largest absolute Gasteiger partial charge is 0.381 e. The van der Waals surface area contributed by atoms with Crippen molar-refractivity contribution in [3.63, 3.8) is 0 Å². The fourth-order valence-corrected chi connectivity index (χ4v) is 2.38. The molecule has 1 heteroatoms. The molecule has 0 amide bonds. The summed E-state index contributed by atoms with van der Waals surface area (Å²) < 4.78 is 0. The van der Waals surface area contributed by atoms with Crippen LogP contribution in [0.2, 0.25) is 0 Å². The molecule has 0 bridgehead atoms. The van der Waals surface area contributed by atoms with Crippen molar-refractivity contribution in [2.75, 3.05) is 0 Å². The van der Waals surface area contributed by atoms with Gasteiger partial charge in [-0.15, -0.1) is 0 Å². The molecule has 0 saturated heterocycles. The van der Waals surface area contributed by atoms with Gasteiger partial charge in [0.1, 0.15) is 0 Å². The van der Waals surface area contributed by atoms with Gasteiger partial charge in [-0.2, -0.15) is 0 Å². The van der Waals surface area contributed by atoms with Crippen LogP contribution in [0, 0.1) is 0 Å². The van der Waals surface area contributed by atoms with Crippen molar-refractivity contribution in [3.8, 4) is 11.1 Å². The molecule has 0 aliphatic carbocycles. The van der Waals surface area contributed by atoms with Crippen molar-refractivity contribution in [1.29, 1.82) is 0 Å². The Labute approximate surface area is 114 Å². The van der Waals surface area contributed by atoms with E-state index in [0.29, 0.717) is 0 Å². The molecular weight excluding hydrogens is 230 g/mol. The fraction of sp³-hybridized carbons (Fsp3) is 0.111. The average molecular weight is 247 g/mol. The van der Waals surface area contributed by atoms with Crippen molar-refractivity contribution >= 4 is 0 Å². The van der Waals surface area contributed by atoms with Gasteiger partial charge in [0.25, 0.3) is 0 Å². The van der Waals surface area contributed by atoms with Gasteiger partial charge < -0.3 is 5.32 Å². The molecule has 1 heterocycles. The van der Waals surface area contributed by atoms with Crippen LogP contribution in [0.5, 0.6) is 0 Å². The van der Waals surface area contributed by atoms with Gasteiger partial charge in [0.2, 0.25) is 0 Å². The van der Waals surface area contributed by atoms with Crippen molar-refractivity contribution in [2.24, 2.45) is 0 Å². The van der Waals surface area contributed by atoms with Crippen LogP contribution < -0.4 is 5.32 Å². The summed E-state index contributed by atoms with van der Waals surface area (Å²) in [7, 11) is 0. The van der Waals surface area contributed by atoms with Crippen LogP contribution in [0.15, 0.2) is 78.5 Å². The van der Waals surface area contributed by atoms with Crippen LogP contribution in [-0.4, -0.2) is 0 Å². The number of hydrogen-bond donors (Lipinski definition) is 1. The molecule has 2 aromatic carbocycles. The van der Waals surface area contributed by atoms with Gasteiger partial charge in [0, 0.05) is 0 Å². The van der Waals surface area contributed by atoms with E-state index in [9.17, 15) is 0 Å². The normalized spacial score (nSPS) is 17.7. The van der Waals surface area contributed by atoms with Crippen molar-refractivity contribution in [3.05, 3.63) is 84.1 Å². The van der Waals surface area contributed by atoms with E-state index in [1.807, 2.05) is 12.3 Å². The van der Waals surface area contributed by atoms with Gasteiger partial charge in [-0.05, 0) is 42.0 Å². The minimum absolute atomic E-state index is 0.272. The van der Waals surface area contributed by atoms with Gasteiger partial charge in [-0.1, -0.05) is 60.2 Å². The molecule has 0 radical (unpaired) electrons. The summed E-state index contributed by atoms with van der Waals surface area (Å²) in [4.78, 5) is 0. The standard InChI is InChI=1S/C18H17N/c1-14-10-11-19-18(12-14)17-9-5-8-16(13-17)15-6-3-2-4-7-15/h2-13,18-19H,1H3. The summed E-state index contributed by atoms with van der Waals surface area (Å²) in [6.07, 6.45) is 6.37. The molecule has 1 N–H and O–H groups in total. The van der Waals surface area contributed by atoms with E-state index in [4.69, 9.17) is 0 Å². The van der Waals surface area contributed by atoms with Crippen molar-refractivity contribution in [2.45, 2.75) is 13.0 Å². The van der Waals surface area contributed by atoms with E-state index in [-0.39, 0.29) is 6.04 Å². The minimum Gasteiger partial charge on any atom is -0.381 e. The van der Waals surface area contributed by atoms with Gasteiger partial charge in [0.15, 0.2) is 0 Å². The Bertz CT molecular complexity index is 623. The number of nitrogens with one attached hydrogen (secondary N) is 1. The predicted octanol–water partition coefficient (Wildman–Crippen LogP) is 4.46. The predicted molar refractivity (Wildman–Crippen MR) is 80.7 cm³/mol. The Balaban J connectivity index is 1.95. The molecule has 1 unspecified atom stereocenters. The summed E-state index contributed by atoms with van der Waals surface area (Å²) in [5.41, 5.74) is 5.12. The average Bonchev–Trinajstić information content (AvgIpc) is 2.48. The molecule has 1 aliphatic rings. The van der Waals surface area contributed by atoms with Gasteiger partial charge in [-0.25, -0.2) is 0 Å². The van der Waals surface area contributed by atoms with E-state index < -0.39 is 0 Å². The Hall–Kier alpha value is -2.28. The Morgan fingerprint density at radius 2 is 1.68 bits per heavy atom. The second kappa shape index (κ2) is 5.15. The fourth-order valence-electron chi connectivity index (χ4n) is 2.38. The summed E-state index contributed by atoms with van der Waals surface area (Å²) in [6, 6.07) is 19.5. The highest BCUT2D eigenvalue weighted by atomic mass is 14.9. The molecule has 0 fully saturated rings. The second-order valence-corrected chi connectivity index (χ2v) is 4.88. The van der Waals surface area contributed by atoms with Gasteiger partial charge in [0.05, 0.1) is 6.04 Å². The maximum atomic E-state index is 3.39. The quantitative estimate of drug-likeness (QED) is 0.826. The lowest BCUT2D eigenvalue weighted by molar-refractivity contribution is 0.739. The minimum atomic E-state index is 0.272. The third kappa shape index (κ3) is 2.60. The van der Waals surface area contributed by atoms with Gasteiger partial charge >= 0.3 is 0 Å². The number of dihydropyridines is 1. The maximum Gasteiger partial charge on any atom is 0.0698 e. The van der Waals surface area contributed by atoms with Crippen LogP contribution in [0.4, 0.5) is 0 Å². The first-order valence-electron chi connectivity index (χ1n) is 6.59. The molecule has 19 heavy (non-hydrogen) atoms. The summed E-state index contributed by atoms with van der Waals surface area (Å²) >= 11 is 0. The Kier molecular flexibility index (Phi) is 3.20. The van der Waals surface area contributed by atoms with Crippen LogP contribution in [0.3, 0.4) is 0 Å². The highest BCUT2D eigenvalue weighted by Crippen LogP contribution is 2.25. The molecule has 94 valence electrons. The maximum absolute atomic E-state index is 3.39. The summed E-state index contributed by atoms with van der Waals surface area (Å²) in [5, 5.41) is 3.39. The van der Waals surface area contributed by atoms with E-state index >= 15 is 0 Å².